The second-order valence-corrected chi connectivity index (χ2v) is 5.42. The molecule has 18 heavy (non-hydrogen) atoms. The van der Waals surface area contributed by atoms with Gasteiger partial charge in [0.25, 0.3) is 0 Å². The number of fused-ring (bicyclic) bond motifs is 1. The highest BCUT2D eigenvalue weighted by atomic mass is 32.2. The Morgan fingerprint density at radius 3 is 2.94 bits per heavy atom. The van der Waals surface area contributed by atoms with Crippen LogP contribution in [0.1, 0.15) is 18.9 Å². The van der Waals surface area contributed by atoms with E-state index in [0.29, 0.717) is 5.25 Å². The minimum atomic E-state index is -0.760. The molecule has 0 radical (unpaired) electrons. The zero-order valence-corrected chi connectivity index (χ0v) is 11.0. The van der Waals surface area contributed by atoms with Gasteiger partial charge in [0.1, 0.15) is 0 Å². The Morgan fingerprint density at radius 1 is 1.44 bits per heavy atom. The van der Waals surface area contributed by atoms with E-state index in [4.69, 9.17) is 14.6 Å². The number of carboxylic acid groups (broad SMARTS) is 1. The maximum Gasteiger partial charge on any atom is 0.313 e. The van der Waals surface area contributed by atoms with Gasteiger partial charge in [-0.1, -0.05) is 13.0 Å². The van der Waals surface area contributed by atoms with Gasteiger partial charge in [-0.05, 0) is 30.5 Å². The fourth-order valence-corrected chi connectivity index (χ4v) is 2.77. The van der Waals surface area contributed by atoms with Gasteiger partial charge in [-0.15, -0.1) is 11.8 Å². The predicted molar refractivity (Wildman–Crippen MR) is 70.4 cm³/mol. The van der Waals surface area contributed by atoms with Gasteiger partial charge in [-0.2, -0.15) is 0 Å². The Balaban J connectivity index is 1.96. The fraction of sp³-hybridized carbons (Fsp3) is 0.462. The van der Waals surface area contributed by atoms with Crippen molar-refractivity contribution in [2.75, 3.05) is 12.5 Å². The number of hydrogen-bond acceptors (Lipinski definition) is 4. The first kappa shape index (κ1) is 13.1. The fourth-order valence-electron chi connectivity index (χ4n) is 1.84. The number of carboxylic acids is 1. The van der Waals surface area contributed by atoms with E-state index in [-0.39, 0.29) is 12.5 Å². The quantitative estimate of drug-likeness (QED) is 0.859. The average molecular weight is 268 g/mol. The van der Waals surface area contributed by atoms with E-state index in [0.717, 1.165) is 29.9 Å². The van der Waals surface area contributed by atoms with Gasteiger partial charge in [0, 0.05) is 5.25 Å². The molecule has 0 saturated carbocycles. The summed E-state index contributed by atoms with van der Waals surface area (Å²) in [6.45, 7) is 2.36. The third-order valence-electron chi connectivity index (χ3n) is 2.80. The van der Waals surface area contributed by atoms with Crippen LogP contribution in [0.3, 0.4) is 0 Å². The standard InChI is InChI=1S/C13H16O4S/c1-2-10(18-7-13(14)15)5-9-3-4-11-12(6-9)17-8-16-11/h3-4,6,10H,2,5,7-8H2,1H3,(H,14,15). The van der Waals surface area contributed by atoms with E-state index in [9.17, 15) is 4.79 Å². The lowest BCUT2D eigenvalue weighted by Crippen LogP contribution is -2.10. The van der Waals surface area contributed by atoms with E-state index < -0.39 is 5.97 Å². The van der Waals surface area contributed by atoms with Crippen molar-refractivity contribution in [3.8, 4) is 11.5 Å². The van der Waals surface area contributed by atoms with Crippen LogP contribution in [-0.2, 0) is 11.2 Å². The summed E-state index contributed by atoms with van der Waals surface area (Å²) in [5.74, 6) is 0.961. The maximum absolute atomic E-state index is 10.6. The zero-order valence-electron chi connectivity index (χ0n) is 10.2. The predicted octanol–water partition coefficient (Wildman–Crippen LogP) is 2.55. The molecule has 1 heterocycles. The van der Waals surface area contributed by atoms with Crippen LogP contribution in [0.25, 0.3) is 0 Å². The molecule has 0 amide bonds. The second-order valence-electron chi connectivity index (χ2n) is 4.13. The zero-order chi connectivity index (χ0) is 13.0. The van der Waals surface area contributed by atoms with E-state index in [1.807, 2.05) is 18.2 Å². The largest absolute Gasteiger partial charge is 0.481 e. The highest BCUT2D eigenvalue weighted by Crippen LogP contribution is 2.33. The number of rotatable bonds is 6. The smallest absolute Gasteiger partial charge is 0.313 e. The SMILES string of the molecule is CCC(Cc1ccc2c(c1)OCO2)SCC(=O)O. The van der Waals surface area contributed by atoms with E-state index in [1.165, 1.54) is 11.8 Å². The minimum absolute atomic E-state index is 0.156. The van der Waals surface area contributed by atoms with Gasteiger partial charge in [0.15, 0.2) is 11.5 Å². The van der Waals surface area contributed by atoms with Crippen LogP contribution in [0.2, 0.25) is 0 Å². The van der Waals surface area contributed by atoms with Gasteiger partial charge < -0.3 is 14.6 Å². The summed E-state index contributed by atoms with van der Waals surface area (Å²) in [4.78, 5) is 10.6. The van der Waals surface area contributed by atoms with Crippen LogP contribution in [0, 0.1) is 0 Å². The molecule has 1 aliphatic heterocycles. The van der Waals surface area contributed by atoms with Crippen molar-refractivity contribution >= 4 is 17.7 Å². The Morgan fingerprint density at radius 2 is 2.22 bits per heavy atom. The van der Waals surface area contributed by atoms with Crippen LogP contribution >= 0.6 is 11.8 Å². The number of ether oxygens (including phenoxy) is 2. The third-order valence-corrected chi connectivity index (χ3v) is 4.18. The molecule has 0 aromatic heterocycles. The summed E-state index contributed by atoms with van der Waals surface area (Å²) in [7, 11) is 0. The Hall–Kier alpha value is -1.36. The molecule has 1 N–H and O–H groups in total. The van der Waals surface area contributed by atoms with Gasteiger partial charge in [0.05, 0.1) is 5.75 Å². The summed E-state index contributed by atoms with van der Waals surface area (Å²) in [6.07, 6.45) is 1.80. The summed E-state index contributed by atoms with van der Waals surface area (Å²) < 4.78 is 10.6. The minimum Gasteiger partial charge on any atom is -0.481 e. The van der Waals surface area contributed by atoms with E-state index >= 15 is 0 Å². The summed E-state index contributed by atoms with van der Waals surface area (Å²) in [5, 5.41) is 9.01. The first-order valence-corrected chi connectivity index (χ1v) is 6.96. The molecule has 1 unspecified atom stereocenters. The highest BCUT2D eigenvalue weighted by molar-refractivity contribution is 8.00. The summed E-state index contributed by atoms with van der Waals surface area (Å²) in [6, 6.07) is 5.90. The molecule has 0 spiro atoms. The molecular weight excluding hydrogens is 252 g/mol. The van der Waals surface area contributed by atoms with Crippen molar-refractivity contribution in [2.24, 2.45) is 0 Å². The van der Waals surface area contributed by atoms with Gasteiger partial charge >= 0.3 is 5.97 Å². The molecule has 4 nitrogen and oxygen atoms in total. The summed E-state index contributed by atoms with van der Waals surface area (Å²) >= 11 is 1.49. The van der Waals surface area contributed by atoms with Gasteiger partial charge in [0.2, 0.25) is 6.79 Å². The number of hydrogen-bond donors (Lipinski definition) is 1. The van der Waals surface area contributed by atoms with Crippen molar-refractivity contribution in [1.29, 1.82) is 0 Å². The van der Waals surface area contributed by atoms with Crippen LogP contribution in [-0.4, -0.2) is 28.9 Å². The highest BCUT2D eigenvalue weighted by Gasteiger charge is 2.15. The molecular formula is C13H16O4S. The molecule has 98 valence electrons. The molecule has 2 rings (SSSR count). The Bertz CT molecular complexity index is 433. The van der Waals surface area contributed by atoms with Crippen LogP contribution in [0.4, 0.5) is 0 Å². The maximum atomic E-state index is 10.6. The topological polar surface area (TPSA) is 55.8 Å². The third kappa shape index (κ3) is 3.32. The van der Waals surface area contributed by atoms with E-state index in [1.54, 1.807) is 0 Å². The molecule has 5 heteroatoms. The second kappa shape index (κ2) is 6.00. The number of carbonyl (C=O) groups is 1. The van der Waals surface area contributed by atoms with Crippen LogP contribution < -0.4 is 9.47 Å². The van der Waals surface area contributed by atoms with Crippen molar-refractivity contribution < 1.29 is 19.4 Å². The first-order chi connectivity index (χ1) is 8.69. The van der Waals surface area contributed by atoms with Crippen molar-refractivity contribution in [2.45, 2.75) is 25.0 Å². The average Bonchev–Trinajstić information content (AvgIpc) is 2.81. The Labute approximate surface area is 110 Å². The lowest BCUT2D eigenvalue weighted by molar-refractivity contribution is -0.133. The first-order valence-electron chi connectivity index (χ1n) is 5.91. The van der Waals surface area contributed by atoms with Crippen molar-refractivity contribution in [1.82, 2.24) is 0 Å². The molecule has 1 aliphatic rings. The lowest BCUT2D eigenvalue weighted by Gasteiger charge is -2.13. The lowest BCUT2D eigenvalue weighted by atomic mass is 10.1. The molecule has 1 atom stereocenters. The molecule has 1 aromatic rings. The number of benzene rings is 1. The van der Waals surface area contributed by atoms with Gasteiger partial charge in [-0.3, -0.25) is 4.79 Å². The number of aliphatic carboxylic acids is 1. The van der Waals surface area contributed by atoms with Crippen LogP contribution in [0.15, 0.2) is 18.2 Å². The van der Waals surface area contributed by atoms with E-state index in [2.05, 4.69) is 6.92 Å². The Kier molecular flexibility index (Phi) is 4.36. The molecule has 0 saturated heterocycles. The van der Waals surface area contributed by atoms with Crippen LogP contribution in [0.5, 0.6) is 11.5 Å². The normalized spacial score (nSPS) is 14.5. The van der Waals surface area contributed by atoms with Crippen molar-refractivity contribution in [3.05, 3.63) is 23.8 Å². The van der Waals surface area contributed by atoms with Gasteiger partial charge in [-0.25, -0.2) is 0 Å². The molecule has 1 aromatic carbocycles. The number of thioether (sulfide) groups is 1. The molecule has 0 fully saturated rings. The molecule has 0 bridgehead atoms. The summed E-state index contributed by atoms with van der Waals surface area (Å²) in [5.41, 5.74) is 1.16. The molecule has 0 aliphatic carbocycles. The monoisotopic (exact) mass is 268 g/mol. The van der Waals surface area contributed by atoms with Crippen molar-refractivity contribution in [3.63, 3.8) is 0 Å².